The molecular weight excluding hydrogens is 470 g/mol. The molecule has 11 heteroatoms. The largest absolute Gasteiger partial charge is 0.427 e. The van der Waals surface area contributed by atoms with Gasteiger partial charge in [0, 0.05) is 5.75 Å². The first kappa shape index (κ1) is 26.7. The van der Waals surface area contributed by atoms with E-state index in [-0.39, 0.29) is 18.1 Å². The zero-order valence-electron chi connectivity index (χ0n) is 18.8. The number of amides is 2. The van der Waals surface area contributed by atoms with Crippen LogP contribution in [0.25, 0.3) is 0 Å². The van der Waals surface area contributed by atoms with Crippen LogP contribution in [0, 0.1) is 5.41 Å². The van der Waals surface area contributed by atoms with Gasteiger partial charge >= 0.3 is 11.9 Å². The van der Waals surface area contributed by atoms with Gasteiger partial charge < -0.3 is 20.5 Å². The number of thioether (sulfide) groups is 1. The summed E-state index contributed by atoms with van der Waals surface area (Å²) in [6.45, 7) is 6.24. The third-order valence-electron chi connectivity index (χ3n) is 5.08. The second-order valence-electron chi connectivity index (χ2n) is 8.64. The van der Waals surface area contributed by atoms with E-state index in [1.807, 2.05) is 6.07 Å². The van der Waals surface area contributed by atoms with Crippen LogP contribution in [-0.2, 0) is 28.7 Å². The van der Waals surface area contributed by atoms with Crippen molar-refractivity contribution in [1.82, 2.24) is 10.2 Å². The molecule has 1 aromatic rings. The molecule has 1 fully saturated rings. The second kappa shape index (κ2) is 10.6. The summed E-state index contributed by atoms with van der Waals surface area (Å²) in [6, 6.07) is 7.14. The maximum absolute atomic E-state index is 12.8. The first-order valence-electron chi connectivity index (χ1n) is 10.1. The fourth-order valence-corrected chi connectivity index (χ4v) is 4.53. The third-order valence-corrected chi connectivity index (χ3v) is 6.51. The van der Waals surface area contributed by atoms with Gasteiger partial charge in [-0.1, -0.05) is 30.3 Å². The molecule has 3 N–H and O–H groups in total. The van der Waals surface area contributed by atoms with Crippen LogP contribution in [0.5, 0.6) is 0 Å². The molecule has 0 bridgehead atoms. The van der Waals surface area contributed by atoms with E-state index in [0.29, 0.717) is 16.9 Å². The van der Waals surface area contributed by atoms with Crippen molar-refractivity contribution in [1.29, 1.82) is 0 Å². The Balaban J connectivity index is 0.00000385. The number of β-lactam (4-membered cyclic amide) rings is 1. The smallest absolute Gasteiger partial charge is 0.357 e. The number of esters is 2. The average molecular weight is 498 g/mol. The maximum atomic E-state index is 12.8. The zero-order valence-corrected chi connectivity index (χ0v) is 20.5. The number of hydrogen-bond donors (Lipinski definition) is 2. The molecule has 0 saturated carbocycles. The van der Waals surface area contributed by atoms with Crippen molar-refractivity contribution in [2.75, 3.05) is 12.5 Å². The van der Waals surface area contributed by atoms with Gasteiger partial charge in [0.2, 0.25) is 12.7 Å². The van der Waals surface area contributed by atoms with Gasteiger partial charge in [-0.05, 0) is 38.8 Å². The fraction of sp³-hybridized carbons (Fsp3) is 0.455. The Morgan fingerprint density at radius 1 is 1.21 bits per heavy atom. The van der Waals surface area contributed by atoms with Crippen LogP contribution < -0.4 is 11.1 Å². The van der Waals surface area contributed by atoms with Gasteiger partial charge in [0.1, 0.15) is 23.2 Å². The van der Waals surface area contributed by atoms with Crippen LogP contribution in [0.2, 0.25) is 0 Å². The minimum atomic E-state index is -0.911. The van der Waals surface area contributed by atoms with Crippen LogP contribution in [0.3, 0.4) is 0 Å². The topological polar surface area (TPSA) is 128 Å². The molecule has 3 atom stereocenters. The number of carbonyl (C=O) groups excluding carboxylic acids is 4. The lowest BCUT2D eigenvalue weighted by molar-refractivity contribution is -0.173. The number of rotatable bonds is 6. The van der Waals surface area contributed by atoms with E-state index in [2.05, 4.69) is 5.32 Å². The van der Waals surface area contributed by atoms with Crippen molar-refractivity contribution in [3.8, 4) is 0 Å². The van der Waals surface area contributed by atoms with Crippen molar-refractivity contribution in [3.05, 3.63) is 47.2 Å². The van der Waals surface area contributed by atoms with Crippen molar-refractivity contribution in [3.63, 3.8) is 0 Å². The van der Waals surface area contributed by atoms with Gasteiger partial charge in [0.15, 0.2) is 0 Å². The van der Waals surface area contributed by atoms with E-state index in [1.165, 1.54) is 16.7 Å². The van der Waals surface area contributed by atoms with Crippen molar-refractivity contribution >= 4 is 47.9 Å². The number of nitrogens with one attached hydrogen (secondary N) is 1. The molecule has 0 radical (unpaired) electrons. The Kier molecular flexibility index (Phi) is 8.56. The first-order valence-corrected chi connectivity index (χ1v) is 11.2. The predicted molar refractivity (Wildman–Crippen MR) is 125 cm³/mol. The summed E-state index contributed by atoms with van der Waals surface area (Å²) in [4.78, 5) is 51.1. The number of nitrogens with zero attached hydrogens (tertiary/aromatic N) is 1. The molecule has 2 heterocycles. The van der Waals surface area contributed by atoms with Crippen molar-refractivity contribution in [2.24, 2.45) is 11.1 Å². The van der Waals surface area contributed by atoms with Crippen LogP contribution in [0.4, 0.5) is 0 Å². The second-order valence-corrected chi connectivity index (χ2v) is 9.75. The highest BCUT2D eigenvalue weighted by Gasteiger charge is 2.54. The molecule has 1 aromatic carbocycles. The van der Waals surface area contributed by atoms with Crippen molar-refractivity contribution < 1.29 is 28.7 Å². The lowest BCUT2D eigenvalue weighted by Crippen LogP contribution is -2.71. The summed E-state index contributed by atoms with van der Waals surface area (Å²) in [5.41, 5.74) is 6.70. The van der Waals surface area contributed by atoms with E-state index in [9.17, 15) is 19.2 Å². The highest BCUT2D eigenvalue weighted by atomic mass is 35.5. The van der Waals surface area contributed by atoms with Gasteiger partial charge in [-0.25, -0.2) is 4.79 Å². The maximum Gasteiger partial charge on any atom is 0.357 e. The summed E-state index contributed by atoms with van der Waals surface area (Å²) < 4.78 is 10.0. The summed E-state index contributed by atoms with van der Waals surface area (Å²) in [5.74, 6) is -1.68. The standard InChI is InChI=1S/C22H27N3O6S.ClH/c1-12-10-32-19-15(24-17(26)14(23)13-8-6-5-7-9-13)18(27)25(19)16(12)20(28)30-11-31-21(29)22(2,3)4;/h5-9,14-15,19H,10-11,23H2,1-4H3,(H,24,26);1H. The van der Waals surface area contributed by atoms with E-state index < -0.39 is 53.4 Å². The lowest BCUT2D eigenvalue weighted by Gasteiger charge is -2.49. The van der Waals surface area contributed by atoms with Gasteiger partial charge in [-0.15, -0.1) is 24.2 Å². The van der Waals surface area contributed by atoms with Gasteiger partial charge in [-0.3, -0.25) is 19.3 Å². The molecule has 2 aliphatic heterocycles. The molecular formula is C22H28ClN3O6S. The number of fused-ring (bicyclic) bond motifs is 1. The lowest BCUT2D eigenvalue weighted by atomic mass is 9.98. The SMILES string of the molecule is CC1=C(C(=O)OCOC(=O)C(C)(C)C)N2C(=O)C(NC(=O)C(N)c3ccccc3)C2SC1.Cl. The Morgan fingerprint density at radius 2 is 1.85 bits per heavy atom. The summed E-state index contributed by atoms with van der Waals surface area (Å²) in [7, 11) is 0. The first-order chi connectivity index (χ1) is 15.0. The van der Waals surface area contributed by atoms with E-state index >= 15 is 0 Å². The summed E-state index contributed by atoms with van der Waals surface area (Å²) in [6.07, 6.45) is 0. The molecule has 3 unspecified atom stereocenters. The minimum Gasteiger partial charge on any atom is -0.427 e. The monoisotopic (exact) mass is 497 g/mol. The van der Waals surface area contributed by atoms with Gasteiger partial charge in [-0.2, -0.15) is 0 Å². The number of benzene rings is 1. The quantitative estimate of drug-likeness (QED) is 0.346. The Labute approximate surface area is 202 Å². The fourth-order valence-electron chi connectivity index (χ4n) is 3.24. The minimum absolute atomic E-state index is 0. The van der Waals surface area contributed by atoms with E-state index in [4.69, 9.17) is 15.2 Å². The molecule has 33 heavy (non-hydrogen) atoms. The number of carbonyl (C=O) groups is 4. The molecule has 0 spiro atoms. The Hall–Kier alpha value is -2.56. The molecule has 180 valence electrons. The molecule has 1 saturated heterocycles. The van der Waals surface area contributed by atoms with Crippen LogP contribution in [0.1, 0.15) is 39.3 Å². The van der Waals surface area contributed by atoms with E-state index in [0.717, 1.165) is 0 Å². The molecule has 0 aliphatic carbocycles. The highest BCUT2D eigenvalue weighted by Crippen LogP contribution is 2.40. The number of hydrogen-bond acceptors (Lipinski definition) is 8. The van der Waals surface area contributed by atoms with Crippen LogP contribution >= 0.6 is 24.2 Å². The number of halogens is 1. The van der Waals surface area contributed by atoms with Crippen molar-refractivity contribution in [2.45, 2.75) is 45.2 Å². The van der Waals surface area contributed by atoms with Crippen LogP contribution in [0.15, 0.2) is 41.6 Å². The van der Waals surface area contributed by atoms with Crippen LogP contribution in [-0.4, -0.2) is 52.6 Å². The number of nitrogens with two attached hydrogens (primary N) is 1. The summed E-state index contributed by atoms with van der Waals surface area (Å²) in [5, 5.41) is 2.25. The average Bonchev–Trinajstić information content (AvgIpc) is 2.76. The number of ether oxygens (including phenoxy) is 2. The molecule has 9 nitrogen and oxygen atoms in total. The van der Waals surface area contributed by atoms with Gasteiger partial charge in [0.05, 0.1) is 5.41 Å². The Morgan fingerprint density at radius 3 is 2.45 bits per heavy atom. The predicted octanol–water partition coefficient (Wildman–Crippen LogP) is 1.87. The third kappa shape index (κ3) is 5.69. The molecule has 3 rings (SSSR count). The molecule has 2 aliphatic rings. The highest BCUT2D eigenvalue weighted by molar-refractivity contribution is 8.00. The van der Waals surface area contributed by atoms with E-state index in [1.54, 1.807) is 52.0 Å². The normalized spacial score (nSPS) is 20.6. The summed E-state index contributed by atoms with van der Waals surface area (Å²) >= 11 is 1.43. The Bertz CT molecular complexity index is 963. The molecule has 0 aromatic heterocycles. The van der Waals surface area contributed by atoms with Gasteiger partial charge in [0.25, 0.3) is 5.91 Å². The molecule has 2 amide bonds. The zero-order chi connectivity index (χ0) is 23.6.